The number of carbonyl (C=O) groups is 3. The first kappa shape index (κ1) is 22.4. The maximum Gasteiger partial charge on any atom is 0.471 e. The van der Waals surface area contributed by atoms with Gasteiger partial charge in [0.25, 0.3) is 5.91 Å². The van der Waals surface area contributed by atoms with Crippen LogP contribution in [0, 0.1) is 13.8 Å². The van der Waals surface area contributed by atoms with Crippen LogP contribution in [0.4, 0.5) is 24.5 Å². The van der Waals surface area contributed by atoms with Gasteiger partial charge in [0, 0.05) is 15.8 Å². The van der Waals surface area contributed by atoms with E-state index >= 15 is 0 Å². The second-order valence-corrected chi connectivity index (χ2v) is 6.85. The third-order valence-corrected chi connectivity index (χ3v) is 4.82. The van der Waals surface area contributed by atoms with Crippen molar-refractivity contribution in [3.63, 3.8) is 0 Å². The number of halogens is 4. The molecule has 0 unspecified atom stereocenters. The third kappa shape index (κ3) is 6.05. The van der Waals surface area contributed by atoms with Crippen molar-refractivity contribution in [1.29, 1.82) is 0 Å². The highest BCUT2D eigenvalue weighted by Crippen LogP contribution is 2.25. The number of alkyl halides is 3. The van der Waals surface area contributed by atoms with Crippen molar-refractivity contribution in [1.82, 2.24) is 0 Å². The molecule has 2 N–H and O–H groups in total. The molecule has 0 fully saturated rings. The molecule has 2 aromatic carbocycles. The van der Waals surface area contributed by atoms with Gasteiger partial charge in [-0.05, 0) is 61.4 Å². The highest BCUT2D eigenvalue weighted by molar-refractivity contribution is 9.10. The molecule has 0 bridgehead atoms. The molecule has 0 aliphatic rings. The van der Waals surface area contributed by atoms with Gasteiger partial charge in [0.1, 0.15) is 0 Å². The molecule has 2 amide bonds. The number of hydrogen-bond donors (Lipinski definition) is 2. The van der Waals surface area contributed by atoms with Crippen molar-refractivity contribution in [2.24, 2.45) is 0 Å². The molecule has 2 rings (SSSR count). The molecule has 0 aromatic heterocycles. The first-order valence-corrected chi connectivity index (χ1v) is 8.99. The summed E-state index contributed by atoms with van der Waals surface area (Å²) in [7, 11) is 0. The summed E-state index contributed by atoms with van der Waals surface area (Å²) in [6.45, 7) is 3.18. The minimum Gasteiger partial charge on any atom is -0.452 e. The summed E-state index contributed by atoms with van der Waals surface area (Å²) < 4.78 is 42.4. The van der Waals surface area contributed by atoms with Crippen molar-refractivity contribution < 1.29 is 32.3 Å². The summed E-state index contributed by atoms with van der Waals surface area (Å²) in [5.41, 5.74) is 2.27. The largest absolute Gasteiger partial charge is 0.471 e. The fourth-order valence-corrected chi connectivity index (χ4v) is 2.64. The Morgan fingerprint density at radius 1 is 0.966 bits per heavy atom. The smallest absolute Gasteiger partial charge is 0.452 e. The van der Waals surface area contributed by atoms with Crippen LogP contribution in [0.1, 0.15) is 21.5 Å². The Morgan fingerprint density at radius 3 is 2.17 bits per heavy atom. The molecule has 6 nitrogen and oxygen atoms in total. The van der Waals surface area contributed by atoms with E-state index in [2.05, 4.69) is 21.2 Å². The number of rotatable bonds is 5. The van der Waals surface area contributed by atoms with E-state index in [1.54, 1.807) is 17.4 Å². The Bertz CT molecular complexity index is 944. The zero-order valence-electron chi connectivity index (χ0n) is 15.3. The Morgan fingerprint density at radius 2 is 1.59 bits per heavy atom. The lowest BCUT2D eigenvalue weighted by atomic mass is 10.1. The van der Waals surface area contributed by atoms with Crippen molar-refractivity contribution >= 4 is 45.1 Å². The van der Waals surface area contributed by atoms with Gasteiger partial charge in [0.05, 0.1) is 5.56 Å². The number of nitrogens with one attached hydrogen (secondary N) is 2. The van der Waals surface area contributed by atoms with Crippen molar-refractivity contribution in [3.05, 3.63) is 57.6 Å². The van der Waals surface area contributed by atoms with Gasteiger partial charge in [0.2, 0.25) is 0 Å². The minimum atomic E-state index is -5.02. The molecule has 0 saturated carbocycles. The van der Waals surface area contributed by atoms with Gasteiger partial charge in [-0.2, -0.15) is 13.2 Å². The molecule has 0 atom stereocenters. The Kier molecular flexibility index (Phi) is 7.02. The molecule has 154 valence electrons. The summed E-state index contributed by atoms with van der Waals surface area (Å²) in [6.07, 6.45) is -5.02. The lowest BCUT2D eigenvalue weighted by Crippen LogP contribution is -2.29. The lowest BCUT2D eigenvalue weighted by Gasteiger charge is -2.12. The topological polar surface area (TPSA) is 84.5 Å². The molecule has 0 spiro atoms. The highest BCUT2D eigenvalue weighted by Gasteiger charge is 2.38. The summed E-state index contributed by atoms with van der Waals surface area (Å²) in [5, 5.41) is 4.29. The summed E-state index contributed by atoms with van der Waals surface area (Å²) in [5.74, 6) is -3.50. The zero-order valence-corrected chi connectivity index (χ0v) is 16.9. The monoisotopic (exact) mass is 472 g/mol. The van der Waals surface area contributed by atoms with Crippen molar-refractivity contribution in [2.45, 2.75) is 20.0 Å². The molecular weight excluding hydrogens is 457 g/mol. The predicted octanol–water partition coefficient (Wildman–Crippen LogP) is 4.36. The van der Waals surface area contributed by atoms with E-state index in [1.165, 1.54) is 12.1 Å². The van der Waals surface area contributed by atoms with E-state index in [-0.39, 0.29) is 11.3 Å². The number of amides is 2. The number of esters is 1. The van der Waals surface area contributed by atoms with Crippen LogP contribution in [0.3, 0.4) is 0 Å². The van der Waals surface area contributed by atoms with Gasteiger partial charge in [-0.25, -0.2) is 4.79 Å². The molecule has 10 heteroatoms. The first-order valence-electron chi connectivity index (χ1n) is 8.20. The molecule has 29 heavy (non-hydrogen) atoms. The number of carbonyl (C=O) groups excluding carboxylic acids is 3. The van der Waals surface area contributed by atoms with Crippen LogP contribution in [0.15, 0.2) is 40.9 Å². The zero-order chi connectivity index (χ0) is 21.8. The standard InChI is InChI=1S/C19H16BrF3N2O4/c1-10-11(2)15(8-7-14(10)20)25-16(26)9-29-17(27)12-3-5-13(6-4-12)24-18(28)19(21,22)23/h3-8H,9H2,1-2H3,(H,24,28)(H,25,26). The fourth-order valence-electron chi connectivity index (χ4n) is 2.22. The van der Waals surface area contributed by atoms with Crippen LogP contribution in [-0.4, -0.2) is 30.6 Å². The second-order valence-electron chi connectivity index (χ2n) is 6.00. The van der Waals surface area contributed by atoms with Gasteiger partial charge in [-0.15, -0.1) is 0 Å². The molecular formula is C19H16BrF3N2O4. The van der Waals surface area contributed by atoms with Crippen LogP contribution in [-0.2, 0) is 14.3 Å². The van der Waals surface area contributed by atoms with E-state index in [0.717, 1.165) is 27.7 Å². The fraction of sp³-hybridized carbons (Fsp3) is 0.211. The van der Waals surface area contributed by atoms with Crippen LogP contribution >= 0.6 is 15.9 Å². The SMILES string of the molecule is Cc1c(Br)ccc(NC(=O)COC(=O)c2ccc(NC(=O)C(F)(F)F)cc2)c1C. The average Bonchev–Trinajstić information content (AvgIpc) is 2.66. The lowest BCUT2D eigenvalue weighted by molar-refractivity contribution is -0.167. The molecule has 0 heterocycles. The molecule has 0 saturated heterocycles. The van der Waals surface area contributed by atoms with E-state index in [1.807, 2.05) is 13.8 Å². The average molecular weight is 473 g/mol. The summed E-state index contributed by atoms with van der Waals surface area (Å²) in [6, 6.07) is 8.08. The number of benzene rings is 2. The van der Waals surface area contributed by atoms with Gasteiger partial charge >= 0.3 is 18.1 Å². The molecule has 0 aliphatic carbocycles. The van der Waals surface area contributed by atoms with E-state index < -0.39 is 30.6 Å². The third-order valence-electron chi connectivity index (χ3n) is 3.97. The van der Waals surface area contributed by atoms with E-state index in [9.17, 15) is 27.6 Å². The second kappa shape index (κ2) is 9.08. The molecule has 2 aromatic rings. The quantitative estimate of drug-likeness (QED) is 0.633. The Balaban J connectivity index is 1.91. The minimum absolute atomic E-state index is 0.0125. The number of ether oxygens (including phenoxy) is 1. The van der Waals surface area contributed by atoms with Gasteiger partial charge in [-0.3, -0.25) is 9.59 Å². The molecule has 0 radical (unpaired) electrons. The first-order chi connectivity index (χ1) is 13.5. The van der Waals surface area contributed by atoms with Crippen LogP contribution in [0.25, 0.3) is 0 Å². The number of anilines is 2. The normalized spacial score (nSPS) is 11.0. The summed E-state index contributed by atoms with van der Waals surface area (Å²) >= 11 is 3.39. The van der Waals surface area contributed by atoms with Gasteiger partial charge < -0.3 is 15.4 Å². The maximum absolute atomic E-state index is 12.2. The van der Waals surface area contributed by atoms with E-state index in [0.29, 0.717) is 5.69 Å². The van der Waals surface area contributed by atoms with Crippen LogP contribution in [0.2, 0.25) is 0 Å². The van der Waals surface area contributed by atoms with Gasteiger partial charge in [-0.1, -0.05) is 15.9 Å². The van der Waals surface area contributed by atoms with Crippen LogP contribution in [0.5, 0.6) is 0 Å². The highest BCUT2D eigenvalue weighted by atomic mass is 79.9. The maximum atomic E-state index is 12.2. The van der Waals surface area contributed by atoms with Crippen molar-refractivity contribution in [2.75, 3.05) is 17.2 Å². The molecule has 0 aliphatic heterocycles. The van der Waals surface area contributed by atoms with Crippen molar-refractivity contribution in [3.8, 4) is 0 Å². The van der Waals surface area contributed by atoms with Gasteiger partial charge in [0.15, 0.2) is 6.61 Å². The Hall–Kier alpha value is -2.88. The Labute approximate surface area is 172 Å². The van der Waals surface area contributed by atoms with E-state index in [4.69, 9.17) is 4.74 Å². The predicted molar refractivity (Wildman–Crippen MR) is 104 cm³/mol. The van der Waals surface area contributed by atoms with Crippen LogP contribution < -0.4 is 10.6 Å². The summed E-state index contributed by atoms with van der Waals surface area (Å²) in [4.78, 5) is 34.9. The number of hydrogen-bond acceptors (Lipinski definition) is 4.